The Kier molecular flexibility index (Phi) is 5.91. The molecule has 1 saturated carbocycles. The molecular weight excluding hydrogens is 341 g/mol. The molecule has 1 fully saturated rings. The summed E-state index contributed by atoms with van der Waals surface area (Å²) in [4.78, 5) is 15.1. The summed E-state index contributed by atoms with van der Waals surface area (Å²) in [6.45, 7) is 0.199. The van der Waals surface area contributed by atoms with Gasteiger partial charge in [-0.1, -0.05) is 18.6 Å². The van der Waals surface area contributed by atoms with Crippen molar-refractivity contribution < 1.29 is 19.0 Å². The Hall–Kier alpha value is -2.08. The molecule has 132 valence electrons. The van der Waals surface area contributed by atoms with Crippen LogP contribution >= 0.6 is 11.8 Å². The first-order valence-electron chi connectivity index (χ1n) is 8.36. The number of carbonyl (C=O) groups is 1. The molecule has 0 saturated heterocycles. The zero-order valence-electron chi connectivity index (χ0n) is 13.8. The molecule has 0 unspecified atom stereocenters. The maximum Gasteiger partial charge on any atom is 0.303 e. The van der Waals surface area contributed by atoms with Gasteiger partial charge >= 0.3 is 5.97 Å². The van der Waals surface area contributed by atoms with E-state index < -0.39 is 11.8 Å². The number of benzene rings is 1. The standard InChI is InChI=1S/C19H20FNO3S/c20-16-11-13(8-10-19(22)23)7-9-17(16)24-12-14-3-1-6-18(21-14)25-15-4-2-5-15/h1,3,6-7,9,11,15H,2,4-5,8,10,12H2,(H,22,23). The minimum absolute atomic E-state index is 0.0188. The molecule has 1 N–H and O–H groups in total. The Labute approximate surface area is 150 Å². The number of ether oxygens (including phenoxy) is 1. The summed E-state index contributed by atoms with van der Waals surface area (Å²) < 4.78 is 19.6. The van der Waals surface area contributed by atoms with E-state index in [1.54, 1.807) is 23.9 Å². The molecule has 1 aromatic carbocycles. The highest BCUT2D eigenvalue weighted by molar-refractivity contribution is 7.99. The molecule has 1 aliphatic carbocycles. The average Bonchev–Trinajstić information content (AvgIpc) is 2.56. The van der Waals surface area contributed by atoms with Crippen LogP contribution in [0.25, 0.3) is 0 Å². The number of hydrogen-bond donors (Lipinski definition) is 1. The maximum atomic E-state index is 14.1. The van der Waals surface area contributed by atoms with E-state index in [9.17, 15) is 9.18 Å². The Morgan fingerprint density at radius 3 is 2.84 bits per heavy atom. The van der Waals surface area contributed by atoms with Crippen LogP contribution in [-0.4, -0.2) is 21.3 Å². The lowest BCUT2D eigenvalue weighted by Crippen LogP contribution is -2.13. The first-order valence-corrected chi connectivity index (χ1v) is 9.24. The van der Waals surface area contributed by atoms with Gasteiger partial charge in [-0.2, -0.15) is 0 Å². The first-order chi connectivity index (χ1) is 12.1. The molecule has 2 aromatic rings. The summed E-state index contributed by atoms with van der Waals surface area (Å²) >= 11 is 1.79. The number of carboxylic acid groups (broad SMARTS) is 1. The van der Waals surface area contributed by atoms with Crippen molar-refractivity contribution in [3.05, 3.63) is 53.5 Å². The van der Waals surface area contributed by atoms with E-state index >= 15 is 0 Å². The van der Waals surface area contributed by atoms with Crippen molar-refractivity contribution >= 4 is 17.7 Å². The molecule has 4 nitrogen and oxygen atoms in total. The molecule has 0 bridgehead atoms. The second-order valence-corrected chi connectivity index (χ2v) is 7.41. The van der Waals surface area contributed by atoms with Crippen LogP contribution in [0.1, 0.15) is 36.9 Å². The zero-order chi connectivity index (χ0) is 17.6. The van der Waals surface area contributed by atoms with Gasteiger partial charge in [0.1, 0.15) is 6.61 Å². The highest BCUT2D eigenvalue weighted by Gasteiger charge is 2.19. The van der Waals surface area contributed by atoms with E-state index in [0.717, 1.165) is 10.7 Å². The van der Waals surface area contributed by atoms with Gasteiger partial charge in [0.2, 0.25) is 0 Å². The van der Waals surface area contributed by atoms with Crippen LogP contribution in [-0.2, 0) is 17.8 Å². The third kappa shape index (κ3) is 5.19. The summed E-state index contributed by atoms with van der Waals surface area (Å²) in [7, 11) is 0. The van der Waals surface area contributed by atoms with E-state index in [1.165, 1.54) is 25.3 Å². The number of thioether (sulfide) groups is 1. The number of aryl methyl sites for hydroxylation is 1. The smallest absolute Gasteiger partial charge is 0.303 e. The normalized spacial score (nSPS) is 14.1. The number of pyridine rings is 1. The molecule has 0 spiro atoms. The SMILES string of the molecule is O=C(O)CCc1ccc(OCc2cccc(SC3CCC3)n2)c(F)c1. The summed E-state index contributed by atoms with van der Waals surface area (Å²) in [5, 5.41) is 10.3. The molecule has 6 heteroatoms. The summed E-state index contributed by atoms with van der Waals surface area (Å²) in [6.07, 6.45) is 4.06. The zero-order valence-corrected chi connectivity index (χ0v) is 14.6. The van der Waals surface area contributed by atoms with Crippen molar-refractivity contribution in [2.75, 3.05) is 0 Å². The summed E-state index contributed by atoms with van der Waals surface area (Å²) in [5.74, 6) is -1.23. The fourth-order valence-corrected chi connectivity index (χ4v) is 3.72. The summed E-state index contributed by atoms with van der Waals surface area (Å²) in [5.41, 5.74) is 1.41. The van der Waals surface area contributed by atoms with E-state index in [4.69, 9.17) is 9.84 Å². The average molecular weight is 361 g/mol. The van der Waals surface area contributed by atoms with Gasteiger partial charge in [0.15, 0.2) is 11.6 Å². The molecule has 1 aliphatic rings. The van der Waals surface area contributed by atoms with Gasteiger partial charge in [-0.25, -0.2) is 9.37 Å². The maximum absolute atomic E-state index is 14.1. The Morgan fingerprint density at radius 2 is 2.16 bits per heavy atom. The molecule has 1 aromatic heterocycles. The van der Waals surface area contributed by atoms with Crippen molar-refractivity contribution in [1.29, 1.82) is 0 Å². The van der Waals surface area contributed by atoms with Gasteiger partial charge in [0, 0.05) is 11.7 Å². The fraction of sp³-hybridized carbons (Fsp3) is 0.368. The largest absolute Gasteiger partial charge is 0.484 e. The van der Waals surface area contributed by atoms with Crippen molar-refractivity contribution in [1.82, 2.24) is 4.98 Å². The monoisotopic (exact) mass is 361 g/mol. The molecule has 25 heavy (non-hydrogen) atoms. The van der Waals surface area contributed by atoms with E-state index in [2.05, 4.69) is 4.98 Å². The lowest BCUT2D eigenvalue weighted by molar-refractivity contribution is -0.136. The Balaban J connectivity index is 1.57. The minimum atomic E-state index is -0.897. The molecule has 0 amide bonds. The predicted octanol–water partition coefficient (Wildman–Crippen LogP) is 4.46. The van der Waals surface area contributed by atoms with Crippen LogP contribution in [0.3, 0.4) is 0 Å². The number of aliphatic carboxylic acids is 1. The summed E-state index contributed by atoms with van der Waals surface area (Å²) in [6, 6.07) is 10.4. The van der Waals surface area contributed by atoms with E-state index in [-0.39, 0.29) is 18.8 Å². The number of carboxylic acids is 1. The van der Waals surface area contributed by atoms with Crippen LogP contribution in [0.5, 0.6) is 5.75 Å². The van der Waals surface area contributed by atoms with Crippen LogP contribution in [0.15, 0.2) is 41.4 Å². The van der Waals surface area contributed by atoms with Gasteiger partial charge in [-0.3, -0.25) is 4.79 Å². The van der Waals surface area contributed by atoms with Crippen LogP contribution in [0.2, 0.25) is 0 Å². The number of halogens is 1. The lowest BCUT2D eigenvalue weighted by atomic mass is 10.0. The van der Waals surface area contributed by atoms with Gasteiger partial charge < -0.3 is 9.84 Å². The van der Waals surface area contributed by atoms with Gasteiger partial charge in [-0.05, 0) is 49.1 Å². The van der Waals surface area contributed by atoms with Crippen molar-refractivity contribution in [2.24, 2.45) is 0 Å². The number of nitrogens with zero attached hydrogens (tertiary/aromatic N) is 1. The van der Waals surface area contributed by atoms with Crippen LogP contribution < -0.4 is 4.74 Å². The highest BCUT2D eigenvalue weighted by atomic mass is 32.2. The van der Waals surface area contributed by atoms with Crippen LogP contribution in [0.4, 0.5) is 4.39 Å². The molecule has 0 atom stereocenters. The molecule has 1 heterocycles. The third-order valence-electron chi connectivity index (χ3n) is 4.12. The van der Waals surface area contributed by atoms with Crippen molar-refractivity contribution in [3.63, 3.8) is 0 Å². The van der Waals surface area contributed by atoms with Crippen molar-refractivity contribution in [3.8, 4) is 5.75 Å². The Bertz CT molecular complexity index is 749. The second kappa shape index (κ2) is 8.34. The lowest BCUT2D eigenvalue weighted by Gasteiger charge is -2.24. The van der Waals surface area contributed by atoms with Gasteiger partial charge in [-0.15, -0.1) is 11.8 Å². The Morgan fingerprint density at radius 1 is 1.32 bits per heavy atom. The number of rotatable bonds is 8. The molecule has 0 radical (unpaired) electrons. The third-order valence-corrected chi connectivity index (χ3v) is 5.39. The van der Waals surface area contributed by atoms with Crippen molar-refractivity contribution in [2.45, 2.75) is 49.0 Å². The van der Waals surface area contributed by atoms with Crippen LogP contribution in [0, 0.1) is 5.82 Å². The molecule has 3 rings (SSSR count). The van der Waals surface area contributed by atoms with Gasteiger partial charge in [0.05, 0.1) is 10.7 Å². The molecule has 0 aliphatic heterocycles. The second-order valence-electron chi connectivity index (χ2n) is 6.09. The van der Waals surface area contributed by atoms with Gasteiger partial charge in [0.25, 0.3) is 0 Å². The first kappa shape index (κ1) is 17.7. The molecular formula is C19H20FNO3S. The van der Waals surface area contributed by atoms with E-state index in [0.29, 0.717) is 17.2 Å². The number of aromatic nitrogens is 1. The quantitative estimate of drug-likeness (QED) is 0.752. The highest BCUT2D eigenvalue weighted by Crippen LogP contribution is 2.35. The predicted molar refractivity (Wildman–Crippen MR) is 94.4 cm³/mol. The van der Waals surface area contributed by atoms with E-state index in [1.807, 2.05) is 18.2 Å². The number of hydrogen-bond acceptors (Lipinski definition) is 4. The fourth-order valence-electron chi connectivity index (χ4n) is 2.48. The topological polar surface area (TPSA) is 59.4 Å². The minimum Gasteiger partial charge on any atom is -0.484 e.